The van der Waals surface area contributed by atoms with E-state index in [-0.39, 0.29) is 0 Å². The van der Waals surface area contributed by atoms with Crippen molar-refractivity contribution >= 4 is 0 Å². The third kappa shape index (κ3) is 4.44. The first-order chi connectivity index (χ1) is 13.1. The minimum atomic E-state index is 0.645. The van der Waals surface area contributed by atoms with E-state index in [9.17, 15) is 0 Å². The Kier molecular flexibility index (Phi) is 5.35. The summed E-state index contributed by atoms with van der Waals surface area (Å²) in [4.78, 5) is 7.12. The van der Waals surface area contributed by atoms with Crippen molar-refractivity contribution in [1.29, 1.82) is 0 Å². The highest BCUT2D eigenvalue weighted by Crippen LogP contribution is 2.34. The molecule has 0 saturated carbocycles. The van der Waals surface area contributed by atoms with Gasteiger partial charge in [-0.15, -0.1) is 0 Å². The molecule has 0 amide bonds. The predicted molar refractivity (Wildman–Crippen MR) is 108 cm³/mol. The minimum Gasteiger partial charge on any atom is -0.486 e. The van der Waals surface area contributed by atoms with Gasteiger partial charge in [0.05, 0.1) is 0 Å². The average Bonchev–Trinajstić information content (AvgIpc) is 2.62. The maximum Gasteiger partial charge on any atom is 0.161 e. The van der Waals surface area contributed by atoms with Gasteiger partial charge in [0.25, 0.3) is 0 Å². The molecule has 2 aliphatic rings. The molecule has 144 valence electrons. The molecule has 0 N–H and O–H groups in total. The summed E-state index contributed by atoms with van der Waals surface area (Å²) in [7, 11) is 0. The van der Waals surface area contributed by atoms with Crippen molar-refractivity contribution in [3.8, 4) is 11.5 Å². The second-order valence-electron chi connectivity index (χ2n) is 8.13. The number of hydrogen-bond acceptors (Lipinski definition) is 4. The predicted octanol–water partition coefficient (Wildman–Crippen LogP) is 4.23. The number of rotatable bonds is 4. The molecule has 2 aliphatic heterocycles. The first-order valence-corrected chi connectivity index (χ1v) is 10.1. The second-order valence-corrected chi connectivity index (χ2v) is 8.13. The molecule has 27 heavy (non-hydrogen) atoms. The lowest BCUT2D eigenvalue weighted by Gasteiger charge is -2.33. The smallest absolute Gasteiger partial charge is 0.161 e. The highest BCUT2D eigenvalue weighted by atomic mass is 16.6. The molecule has 0 bridgehead atoms. The van der Waals surface area contributed by atoms with Crippen molar-refractivity contribution in [1.82, 2.24) is 9.88 Å². The highest BCUT2D eigenvalue weighted by Gasteiger charge is 2.22. The molecule has 1 saturated heterocycles. The Morgan fingerprint density at radius 2 is 1.70 bits per heavy atom. The Labute approximate surface area is 162 Å². The van der Waals surface area contributed by atoms with Crippen LogP contribution >= 0.6 is 0 Å². The summed E-state index contributed by atoms with van der Waals surface area (Å²) in [6.07, 6.45) is 3.75. The third-order valence-electron chi connectivity index (χ3n) is 5.66. The van der Waals surface area contributed by atoms with Gasteiger partial charge < -0.3 is 9.47 Å². The number of fused-ring (bicyclic) bond motifs is 1. The van der Waals surface area contributed by atoms with E-state index in [1.807, 2.05) is 0 Å². The van der Waals surface area contributed by atoms with Crippen LogP contribution in [0.15, 0.2) is 24.3 Å². The number of benzene rings is 1. The van der Waals surface area contributed by atoms with Crippen LogP contribution in [0.25, 0.3) is 0 Å². The van der Waals surface area contributed by atoms with Gasteiger partial charge in [0, 0.05) is 24.5 Å². The van der Waals surface area contributed by atoms with Crippen LogP contribution < -0.4 is 9.47 Å². The maximum absolute atomic E-state index is 5.78. The van der Waals surface area contributed by atoms with E-state index in [0.717, 1.165) is 48.3 Å². The SMILES string of the molecule is Cc1cc(C[C@H]2CCCN(Cc3cc4c(cc3C)OCCO4)C2)cc(C)n1. The Morgan fingerprint density at radius 3 is 2.44 bits per heavy atom. The van der Waals surface area contributed by atoms with Crippen LogP contribution in [-0.2, 0) is 13.0 Å². The fourth-order valence-corrected chi connectivity index (χ4v) is 4.48. The van der Waals surface area contributed by atoms with Crippen molar-refractivity contribution in [3.63, 3.8) is 0 Å². The summed E-state index contributed by atoms with van der Waals surface area (Å²) in [5.74, 6) is 2.51. The molecular weight excluding hydrogens is 336 g/mol. The topological polar surface area (TPSA) is 34.6 Å². The Balaban J connectivity index is 1.43. The average molecular weight is 367 g/mol. The van der Waals surface area contributed by atoms with E-state index < -0.39 is 0 Å². The first-order valence-electron chi connectivity index (χ1n) is 10.1. The van der Waals surface area contributed by atoms with E-state index in [0.29, 0.717) is 13.2 Å². The van der Waals surface area contributed by atoms with Crippen molar-refractivity contribution in [2.45, 2.75) is 46.6 Å². The van der Waals surface area contributed by atoms with Crippen LogP contribution in [0.5, 0.6) is 11.5 Å². The van der Waals surface area contributed by atoms with Crippen molar-refractivity contribution in [2.24, 2.45) is 5.92 Å². The number of nitrogens with zero attached hydrogens (tertiary/aromatic N) is 2. The standard InChI is InChI=1S/C23H30N2O2/c1-16-9-22-23(27-8-7-26-22)13-21(16)15-25-6-4-5-19(14-25)12-20-10-17(2)24-18(3)11-20/h9-11,13,19H,4-8,12,14-15H2,1-3H3/t19-/m1/s1. The molecule has 0 unspecified atom stereocenters. The maximum atomic E-state index is 5.78. The molecule has 1 aromatic heterocycles. The van der Waals surface area contributed by atoms with Gasteiger partial charge in [-0.05, 0) is 93.5 Å². The van der Waals surface area contributed by atoms with Gasteiger partial charge in [0.2, 0.25) is 0 Å². The fraction of sp³-hybridized carbons (Fsp3) is 0.522. The molecule has 4 rings (SSSR count). The van der Waals surface area contributed by atoms with E-state index in [4.69, 9.17) is 9.47 Å². The Bertz CT molecular complexity index is 798. The number of piperidine rings is 1. The quantitative estimate of drug-likeness (QED) is 0.811. The zero-order valence-corrected chi connectivity index (χ0v) is 16.8. The van der Waals surface area contributed by atoms with Crippen molar-refractivity contribution in [3.05, 3.63) is 52.3 Å². The van der Waals surface area contributed by atoms with Crippen LogP contribution in [-0.4, -0.2) is 36.2 Å². The van der Waals surface area contributed by atoms with Crippen LogP contribution in [0, 0.1) is 26.7 Å². The molecule has 4 heteroatoms. The van der Waals surface area contributed by atoms with Gasteiger partial charge in [-0.1, -0.05) is 0 Å². The van der Waals surface area contributed by atoms with Crippen LogP contribution in [0.2, 0.25) is 0 Å². The molecule has 4 nitrogen and oxygen atoms in total. The molecule has 0 spiro atoms. The summed E-state index contributed by atoms with van der Waals surface area (Å²) in [5.41, 5.74) is 6.34. The molecule has 0 aliphatic carbocycles. The second kappa shape index (κ2) is 7.89. The van der Waals surface area contributed by atoms with Crippen molar-refractivity contribution < 1.29 is 9.47 Å². The molecule has 2 aromatic rings. The largest absolute Gasteiger partial charge is 0.486 e. The normalized spacial score (nSPS) is 19.9. The number of aromatic nitrogens is 1. The number of likely N-dealkylation sites (tertiary alicyclic amines) is 1. The molecule has 0 radical (unpaired) electrons. The van der Waals surface area contributed by atoms with Crippen LogP contribution in [0.1, 0.15) is 40.9 Å². The van der Waals surface area contributed by atoms with Gasteiger partial charge in [-0.3, -0.25) is 9.88 Å². The summed E-state index contributed by atoms with van der Waals surface area (Å²) in [6, 6.07) is 8.81. The fourth-order valence-electron chi connectivity index (χ4n) is 4.48. The zero-order chi connectivity index (χ0) is 18.8. The lowest BCUT2D eigenvalue weighted by atomic mass is 9.90. The Morgan fingerprint density at radius 1 is 1.00 bits per heavy atom. The number of aryl methyl sites for hydroxylation is 3. The van der Waals surface area contributed by atoms with Crippen molar-refractivity contribution in [2.75, 3.05) is 26.3 Å². The van der Waals surface area contributed by atoms with E-state index >= 15 is 0 Å². The summed E-state index contributed by atoms with van der Waals surface area (Å²) >= 11 is 0. The molecule has 1 atom stereocenters. The number of ether oxygens (including phenoxy) is 2. The highest BCUT2D eigenvalue weighted by molar-refractivity contribution is 5.47. The van der Waals surface area contributed by atoms with Gasteiger partial charge in [-0.25, -0.2) is 0 Å². The van der Waals surface area contributed by atoms with E-state index in [1.54, 1.807) is 0 Å². The first kappa shape index (κ1) is 18.3. The summed E-state index contributed by atoms with van der Waals surface area (Å²) in [5, 5.41) is 0. The Hall–Kier alpha value is -2.07. The molecule has 1 aromatic carbocycles. The third-order valence-corrected chi connectivity index (χ3v) is 5.66. The summed E-state index contributed by atoms with van der Waals surface area (Å²) < 4.78 is 11.5. The van der Waals surface area contributed by atoms with Gasteiger partial charge in [0.15, 0.2) is 11.5 Å². The number of hydrogen-bond donors (Lipinski definition) is 0. The lowest BCUT2D eigenvalue weighted by Crippen LogP contribution is -2.36. The lowest BCUT2D eigenvalue weighted by molar-refractivity contribution is 0.162. The van der Waals surface area contributed by atoms with Crippen LogP contribution in [0.3, 0.4) is 0 Å². The monoisotopic (exact) mass is 366 g/mol. The van der Waals surface area contributed by atoms with Crippen LogP contribution in [0.4, 0.5) is 0 Å². The van der Waals surface area contributed by atoms with Gasteiger partial charge >= 0.3 is 0 Å². The zero-order valence-electron chi connectivity index (χ0n) is 16.8. The van der Waals surface area contributed by atoms with Gasteiger partial charge in [0.1, 0.15) is 13.2 Å². The molecule has 1 fully saturated rings. The summed E-state index contributed by atoms with van der Waals surface area (Å²) in [6.45, 7) is 11.0. The molecular formula is C23H30N2O2. The number of pyridine rings is 1. The molecule has 3 heterocycles. The van der Waals surface area contributed by atoms with E-state index in [2.05, 4.69) is 54.9 Å². The minimum absolute atomic E-state index is 0.645. The van der Waals surface area contributed by atoms with Gasteiger partial charge in [-0.2, -0.15) is 0 Å². The van der Waals surface area contributed by atoms with E-state index in [1.165, 1.54) is 36.1 Å².